The van der Waals surface area contributed by atoms with Crippen LogP contribution >= 0.6 is 15.9 Å². The Morgan fingerprint density at radius 2 is 1.95 bits per heavy atom. The number of aromatic nitrogens is 1. The van der Waals surface area contributed by atoms with E-state index in [0.29, 0.717) is 9.86 Å². The molecule has 0 unspecified atom stereocenters. The Bertz CT molecular complexity index is 660. The van der Waals surface area contributed by atoms with Crippen LogP contribution in [-0.4, -0.2) is 11.5 Å². The minimum absolute atomic E-state index is 0.0750. The summed E-state index contributed by atoms with van der Waals surface area (Å²) in [5, 5.41) is 3.82. The lowest BCUT2D eigenvalue weighted by molar-refractivity contribution is 0.571. The topological polar surface area (TPSA) is 24.9 Å². The van der Waals surface area contributed by atoms with Gasteiger partial charge in [0.05, 0.1) is 15.4 Å². The average molecular weight is 339 g/mol. The molecule has 0 amide bonds. The predicted molar refractivity (Wildman–Crippen MR) is 87.0 cm³/mol. The zero-order valence-corrected chi connectivity index (χ0v) is 14.2. The minimum atomic E-state index is -0.255. The van der Waals surface area contributed by atoms with Crippen molar-refractivity contribution in [1.82, 2.24) is 4.98 Å². The third-order valence-corrected chi connectivity index (χ3v) is 3.88. The van der Waals surface area contributed by atoms with E-state index in [1.807, 2.05) is 19.9 Å². The summed E-state index contributed by atoms with van der Waals surface area (Å²) in [6.07, 6.45) is 0. The number of nitrogens with zero attached hydrogens (tertiary/aromatic N) is 1. The lowest BCUT2D eigenvalue weighted by Gasteiger charge is -2.21. The number of benzene rings is 1. The van der Waals surface area contributed by atoms with Gasteiger partial charge < -0.3 is 5.32 Å². The fraction of sp³-hybridized carbons (Fsp3) is 0.438. The first-order valence-corrected chi connectivity index (χ1v) is 7.58. The van der Waals surface area contributed by atoms with Crippen LogP contribution in [0, 0.1) is 12.7 Å². The summed E-state index contributed by atoms with van der Waals surface area (Å²) in [7, 11) is 0. The molecule has 2 aromatic rings. The first-order chi connectivity index (χ1) is 9.25. The van der Waals surface area contributed by atoms with Gasteiger partial charge in [-0.2, -0.15) is 0 Å². The molecule has 0 saturated heterocycles. The van der Waals surface area contributed by atoms with Gasteiger partial charge in [0, 0.05) is 23.3 Å². The number of pyridine rings is 1. The average Bonchev–Trinajstić information content (AvgIpc) is 2.34. The molecular weight excluding hydrogens is 319 g/mol. The summed E-state index contributed by atoms with van der Waals surface area (Å²) in [5.74, 6) is -0.255. The molecule has 0 aliphatic carbocycles. The minimum Gasteiger partial charge on any atom is -0.385 e. The number of halogens is 2. The third kappa shape index (κ3) is 2.66. The molecule has 20 heavy (non-hydrogen) atoms. The molecule has 0 atom stereocenters. The van der Waals surface area contributed by atoms with Crippen molar-refractivity contribution >= 4 is 32.5 Å². The fourth-order valence-electron chi connectivity index (χ4n) is 2.21. The van der Waals surface area contributed by atoms with E-state index in [4.69, 9.17) is 4.98 Å². The molecule has 0 aliphatic heterocycles. The van der Waals surface area contributed by atoms with Gasteiger partial charge in [-0.15, -0.1) is 0 Å². The van der Waals surface area contributed by atoms with Gasteiger partial charge >= 0.3 is 0 Å². The van der Waals surface area contributed by atoms with E-state index in [9.17, 15) is 4.39 Å². The molecule has 1 N–H and O–H groups in total. The van der Waals surface area contributed by atoms with Gasteiger partial charge in [0.1, 0.15) is 5.82 Å². The highest BCUT2D eigenvalue weighted by molar-refractivity contribution is 9.10. The summed E-state index contributed by atoms with van der Waals surface area (Å²) in [6, 6.07) is 3.74. The van der Waals surface area contributed by atoms with Crippen LogP contribution in [-0.2, 0) is 5.41 Å². The Morgan fingerprint density at radius 1 is 1.30 bits per heavy atom. The second-order valence-electron chi connectivity index (χ2n) is 6.05. The van der Waals surface area contributed by atoms with Crippen LogP contribution in [0.15, 0.2) is 16.6 Å². The molecule has 0 radical (unpaired) electrons. The number of rotatable bonds is 2. The number of nitrogens with one attached hydrogen (secondary N) is 1. The summed E-state index contributed by atoms with van der Waals surface area (Å²) < 4.78 is 14.9. The Hall–Kier alpha value is -1.16. The lowest BCUT2D eigenvalue weighted by atomic mass is 9.90. The van der Waals surface area contributed by atoms with Gasteiger partial charge in [0.25, 0.3) is 0 Å². The number of hydrogen-bond acceptors (Lipinski definition) is 2. The van der Waals surface area contributed by atoms with Crippen molar-refractivity contribution in [2.24, 2.45) is 0 Å². The van der Waals surface area contributed by atoms with Crippen LogP contribution in [0.25, 0.3) is 10.9 Å². The molecule has 0 bridgehead atoms. The van der Waals surface area contributed by atoms with Crippen LogP contribution in [0.1, 0.15) is 39.0 Å². The summed E-state index contributed by atoms with van der Waals surface area (Å²) in [5.41, 5.74) is 3.40. The zero-order valence-electron chi connectivity index (χ0n) is 12.6. The van der Waals surface area contributed by atoms with E-state index >= 15 is 0 Å². The zero-order chi connectivity index (χ0) is 15.1. The first-order valence-electron chi connectivity index (χ1n) is 6.79. The van der Waals surface area contributed by atoms with Crippen molar-refractivity contribution < 1.29 is 4.39 Å². The van der Waals surface area contributed by atoms with Crippen molar-refractivity contribution in [2.75, 3.05) is 11.9 Å². The third-order valence-electron chi connectivity index (χ3n) is 3.30. The van der Waals surface area contributed by atoms with Crippen LogP contribution in [0.4, 0.5) is 10.1 Å². The molecule has 1 heterocycles. The maximum Gasteiger partial charge on any atom is 0.148 e. The molecule has 0 spiro atoms. The second-order valence-corrected chi connectivity index (χ2v) is 6.90. The molecule has 0 aliphatic rings. The molecule has 0 saturated carbocycles. The van der Waals surface area contributed by atoms with E-state index in [2.05, 4.69) is 42.0 Å². The molecule has 0 fully saturated rings. The smallest absolute Gasteiger partial charge is 0.148 e. The van der Waals surface area contributed by atoms with Crippen molar-refractivity contribution in [3.05, 3.63) is 33.7 Å². The highest BCUT2D eigenvalue weighted by Crippen LogP contribution is 2.35. The summed E-state index contributed by atoms with van der Waals surface area (Å²) in [4.78, 5) is 4.69. The standard InChI is InChI=1S/C16H20BrFN2/c1-6-19-11-8-12(16(3,4)5)20-15-9(2)7-10(17)14(18)13(11)15/h7-8H,6H2,1-5H3,(H,19,20). The molecule has 1 aromatic heterocycles. The second kappa shape index (κ2) is 5.32. The van der Waals surface area contributed by atoms with Crippen LogP contribution in [0.3, 0.4) is 0 Å². The van der Waals surface area contributed by atoms with Gasteiger partial charge in [-0.05, 0) is 47.5 Å². The fourth-order valence-corrected chi connectivity index (χ4v) is 2.75. The van der Waals surface area contributed by atoms with E-state index in [-0.39, 0.29) is 11.2 Å². The Labute approximate surface area is 127 Å². The first kappa shape index (κ1) is 15.2. The molecule has 108 valence electrons. The van der Waals surface area contributed by atoms with Crippen LogP contribution < -0.4 is 5.32 Å². The maximum absolute atomic E-state index is 14.5. The summed E-state index contributed by atoms with van der Waals surface area (Å²) in [6.45, 7) is 11.0. The highest BCUT2D eigenvalue weighted by atomic mass is 79.9. The van der Waals surface area contributed by atoms with Gasteiger partial charge in [0.15, 0.2) is 0 Å². The maximum atomic E-state index is 14.5. The monoisotopic (exact) mass is 338 g/mol. The lowest BCUT2D eigenvalue weighted by Crippen LogP contribution is -2.15. The number of hydrogen-bond donors (Lipinski definition) is 1. The normalized spacial score (nSPS) is 11.9. The van der Waals surface area contributed by atoms with Crippen molar-refractivity contribution in [3.8, 4) is 0 Å². The predicted octanol–water partition coefficient (Wildman–Crippen LogP) is 5.17. The van der Waals surface area contributed by atoms with Gasteiger partial charge in [-0.3, -0.25) is 4.98 Å². The van der Waals surface area contributed by atoms with E-state index < -0.39 is 0 Å². The van der Waals surface area contributed by atoms with Crippen molar-refractivity contribution in [3.63, 3.8) is 0 Å². The summed E-state index contributed by atoms with van der Waals surface area (Å²) >= 11 is 3.28. The Kier molecular flexibility index (Phi) is 4.05. The molecular formula is C16H20BrFN2. The van der Waals surface area contributed by atoms with Crippen molar-refractivity contribution in [2.45, 2.75) is 40.0 Å². The van der Waals surface area contributed by atoms with E-state index in [1.54, 1.807) is 6.07 Å². The van der Waals surface area contributed by atoms with E-state index in [1.165, 1.54) is 0 Å². The molecule has 2 rings (SSSR count). The largest absolute Gasteiger partial charge is 0.385 e. The van der Waals surface area contributed by atoms with Crippen LogP contribution in [0.5, 0.6) is 0 Å². The Balaban J connectivity index is 2.89. The quantitative estimate of drug-likeness (QED) is 0.816. The number of aryl methyl sites for hydroxylation is 1. The van der Waals surface area contributed by atoms with Gasteiger partial charge in [0.2, 0.25) is 0 Å². The molecule has 4 heteroatoms. The van der Waals surface area contributed by atoms with Crippen LogP contribution in [0.2, 0.25) is 0 Å². The van der Waals surface area contributed by atoms with Gasteiger partial charge in [-0.25, -0.2) is 4.39 Å². The Morgan fingerprint density at radius 3 is 2.50 bits per heavy atom. The van der Waals surface area contributed by atoms with Gasteiger partial charge in [-0.1, -0.05) is 20.8 Å². The number of anilines is 1. The van der Waals surface area contributed by atoms with E-state index in [0.717, 1.165) is 29.0 Å². The van der Waals surface area contributed by atoms with Crippen molar-refractivity contribution in [1.29, 1.82) is 0 Å². The number of fused-ring (bicyclic) bond motifs is 1. The molecule has 1 aromatic carbocycles. The SMILES string of the molecule is CCNc1cc(C(C)(C)C)nc2c(C)cc(Br)c(F)c12. The highest BCUT2D eigenvalue weighted by Gasteiger charge is 2.21. The molecule has 2 nitrogen and oxygen atoms in total.